The number of anilines is 1. The SMILES string of the molecule is CCOc1cc(/C=C(\C#N)C(=O)Nc2cc(Cl)ccc2C)cc(Cl)c1OCc1cccc(C)c1. The van der Waals surface area contributed by atoms with E-state index in [4.69, 9.17) is 32.7 Å². The summed E-state index contributed by atoms with van der Waals surface area (Å²) >= 11 is 12.5. The number of hydrogen-bond acceptors (Lipinski definition) is 4. The highest BCUT2D eigenvalue weighted by Gasteiger charge is 2.15. The maximum Gasteiger partial charge on any atom is 0.266 e. The number of amides is 1. The summed E-state index contributed by atoms with van der Waals surface area (Å²) in [5.41, 5.74) is 3.94. The van der Waals surface area contributed by atoms with E-state index in [-0.39, 0.29) is 5.57 Å². The van der Waals surface area contributed by atoms with Crippen LogP contribution in [-0.4, -0.2) is 12.5 Å². The van der Waals surface area contributed by atoms with E-state index in [2.05, 4.69) is 5.32 Å². The number of carbonyl (C=O) groups is 1. The summed E-state index contributed by atoms with van der Waals surface area (Å²) in [6, 6.07) is 18.4. The van der Waals surface area contributed by atoms with Crippen LogP contribution in [0, 0.1) is 25.2 Å². The number of rotatable bonds is 8. The zero-order valence-electron chi connectivity index (χ0n) is 19.1. The molecule has 0 aliphatic rings. The van der Waals surface area contributed by atoms with Crippen LogP contribution in [-0.2, 0) is 11.4 Å². The van der Waals surface area contributed by atoms with Gasteiger partial charge in [-0.3, -0.25) is 4.79 Å². The van der Waals surface area contributed by atoms with Gasteiger partial charge in [-0.2, -0.15) is 5.26 Å². The highest BCUT2D eigenvalue weighted by atomic mass is 35.5. The number of benzene rings is 3. The molecule has 0 aliphatic carbocycles. The number of hydrogen-bond donors (Lipinski definition) is 1. The smallest absolute Gasteiger partial charge is 0.266 e. The lowest BCUT2D eigenvalue weighted by Crippen LogP contribution is -2.14. The average molecular weight is 495 g/mol. The fourth-order valence-electron chi connectivity index (χ4n) is 3.27. The second-order valence-electron chi connectivity index (χ2n) is 7.62. The van der Waals surface area contributed by atoms with Crippen molar-refractivity contribution < 1.29 is 14.3 Å². The van der Waals surface area contributed by atoms with Crippen LogP contribution in [0.15, 0.2) is 60.2 Å². The number of carbonyl (C=O) groups excluding carboxylic acids is 1. The average Bonchev–Trinajstić information content (AvgIpc) is 2.79. The Morgan fingerprint density at radius 1 is 1.09 bits per heavy atom. The number of nitrogens with one attached hydrogen (secondary N) is 1. The molecular weight excluding hydrogens is 471 g/mol. The molecule has 7 heteroatoms. The zero-order valence-corrected chi connectivity index (χ0v) is 20.6. The Kier molecular flexibility index (Phi) is 8.59. The van der Waals surface area contributed by atoms with E-state index in [0.29, 0.717) is 46.0 Å². The fourth-order valence-corrected chi connectivity index (χ4v) is 3.71. The van der Waals surface area contributed by atoms with Crippen molar-refractivity contribution in [1.29, 1.82) is 5.26 Å². The molecule has 0 atom stereocenters. The van der Waals surface area contributed by atoms with Crippen LogP contribution in [0.25, 0.3) is 6.08 Å². The van der Waals surface area contributed by atoms with E-state index >= 15 is 0 Å². The molecule has 174 valence electrons. The topological polar surface area (TPSA) is 71.3 Å². The summed E-state index contributed by atoms with van der Waals surface area (Å²) in [6.07, 6.45) is 1.45. The second-order valence-corrected chi connectivity index (χ2v) is 8.47. The lowest BCUT2D eigenvalue weighted by atomic mass is 10.1. The van der Waals surface area contributed by atoms with E-state index in [1.54, 1.807) is 30.3 Å². The molecule has 34 heavy (non-hydrogen) atoms. The summed E-state index contributed by atoms with van der Waals surface area (Å²) < 4.78 is 11.7. The van der Waals surface area contributed by atoms with Gasteiger partial charge in [0.15, 0.2) is 11.5 Å². The van der Waals surface area contributed by atoms with Gasteiger partial charge < -0.3 is 14.8 Å². The fraction of sp³-hybridized carbons (Fsp3) is 0.185. The van der Waals surface area contributed by atoms with Crippen LogP contribution in [0.4, 0.5) is 5.69 Å². The predicted molar refractivity (Wildman–Crippen MR) is 137 cm³/mol. The quantitative estimate of drug-likeness (QED) is 0.267. The molecule has 0 radical (unpaired) electrons. The van der Waals surface area contributed by atoms with Gasteiger partial charge >= 0.3 is 0 Å². The Morgan fingerprint density at radius 2 is 1.88 bits per heavy atom. The Bertz CT molecular complexity index is 1280. The van der Waals surface area contributed by atoms with Gasteiger partial charge in [-0.05, 0) is 67.8 Å². The Hall–Kier alpha value is -3.46. The van der Waals surface area contributed by atoms with Crippen LogP contribution in [0.3, 0.4) is 0 Å². The van der Waals surface area contributed by atoms with Crippen LogP contribution < -0.4 is 14.8 Å². The molecule has 0 unspecified atom stereocenters. The summed E-state index contributed by atoms with van der Waals surface area (Å²) in [7, 11) is 0. The lowest BCUT2D eigenvalue weighted by Gasteiger charge is -2.15. The van der Waals surface area contributed by atoms with Crippen molar-refractivity contribution in [3.63, 3.8) is 0 Å². The lowest BCUT2D eigenvalue weighted by molar-refractivity contribution is -0.112. The van der Waals surface area contributed by atoms with E-state index in [1.165, 1.54) is 6.08 Å². The normalized spacial score (nSPS) is 11.0. The number of ether oxygens (including phenoxy) is 2. The minimum atomic E-state index is -0.554. The van der Waals surface area contributed by atoms with Gasteiger partial charge in [0.05, 0.1) is 11.6 Å². The number of aryl methyl sites for hydroxylation is 2. The summed E-state index contributed by atoms with van der Waals surface area (Å²) in [4.78, 5) is 12.7. The Labute approximate surface area is 209 Å². The molecule has 0 aliphatic heterocycles. The zero-order chi connectivity index (χ0) is 24.7. The predicted octanol–water partition coefficient (Wildman–Crippen LogP) is 7.13. The number of halogens is 2. The van der Waals surface area contributed by atoms with E-state index in [0.717, 1.165) is 16.7 Å². The van der Waals surface area contributed by atoms with E-state index in [1.807, 2.05) is 51.1 Å². The van der Waals surface area contributed by atoms with Crippen LogP contribution in [0.2, 0.25) is 10.0 Å². The van der Waals surface area contributed by atoms with Crippen molar-refractivity contribution in [2.45, 2.75) is 27.4 Å². The standard InChI is InChI=1S/C27H24Cl2N2O3/c1-4-33-25-13-20(12-23(29)26(25)34-16-19-7-5-6-17(2)10-19)11-21(15-30)27(32)31-24-14-22(28)9-8-18(24)3/h5-14H,4,16H2,1-3H3,(H,31,32)/b21-11+. The maximum atomic E-state index is 12.7. The van der Waals surface area contributed by atoms with Gasteiger partial charge in [0, 0.05) is 10.7 Å². The third kappa shape index (κ3) is 6.54. The van der Waals surface area contributed by atoms with Crippen LogP contribution in [0.1, 0.15) is 29.2 Å². The molecule has 3 aromatic carbocycles. The molecular formula is C27H24Cl2N2O3. The molecule has 1 amide bonds. The Morgan fingerprint density at radius 3 is 2.59 bits per heavy atom. The molecule has 1 N–H and O–H groups in total. The number of nitriles is 1. The van der Waals surface area contributed by atoms with Gasteiger partial charge in [-0.25, -0.2) is 0 Å². The van der Waals surface area contributed by atoms with Crippen molar-refractivity contribution in [1.82, 2.24) is 0 Å². The largest absolute Gasteiger partial charge is 0.490 e. The van der Waals surface area contributed by atoms with Gasteiger partial charge in [0.2, 0.25) is 0 Å². The first kappa shape index (κ1) is 25.2. The first-order valence-electron chi connectivity index (χ1n) is 10.6. The molecule has 0 fully saturated rings. The van der Waals surface area contributed by atoms with Gasteiger partial charge in [0.1, 0.15) is 18.2 Å². The molecule has 5 nitrogen and oxygen atoms in total. The number of nitrogens with zero attached hydrogens (tertiary/aromatic N) is 1. The van der Waals surface area contributed by atoms with Crippen LogP contribution in [0.5, 0.6) is 11.5 Å². The first-order chi connectivity index (χ1) is 16.3. The van der Waals surface area contributed by atoms with Crippen molar-refractivity contribution in [3.05, 3.63) is 92.5 Å². The van der Waals surface area contributed by atoms with Crippen LogP contribution >= 0.6 is 23.2 Å². The molecule has 0 aromatic heterocycles. The molecule has 0 saturated heterocycles. The molecule has 0 spiro atoms. The monoisotopic (exact) mass is 494 g/mol. The highest BCUT2D eigenvalue weighted by Crippen LogP contribution is 2.38. The first-order valence-corrected chi connectivity index (χ1v) is 11.4. The maximum absolute atomic E-state index is 12.7. The molecule has 3 aromatic rings. The van der Waals surface area contributed by atoms with Crippen molar-refractivity contribution in [2.75, 3.05) is 11.9 Å². The third-order valence-electron chi connectivity index (χ3n) is 4.92. The van der Waals surface area contributed by atoms with Gasteiger partial charge in [-0.15, -0.1) is 0 Å². The Balaban J connectivity index is 1.86. The summed E-state index contributed by atoms with van der Waals surface area (Å²) in [5, 5.41) is 13.1. The van der Waals surface area contributed by atoms with Crippen molar-refractivity contribution in [3.8, 4) is 17.6 Å². The van der Waals surface area contributed by atoms with Crippen molar-refractivity contribution in [2.24, 2.45) is 0 Å². The third-order valence-corrected chi connectivity index (χ3v) is 5.44. The molecule has 0 saturated carbocycles. The van der Waals surface area contributed by atoms with Crippen molar-refractivity contribution >= 4 is 40.9 Å². The van der Waals surface area contributed by atoms with Gasteiger partial charge in [-0.1, -0.05) is 59.1 Å². The van der Waals surface area contributed by atoms with Gasteiger partial charge in [0.25, 0.3) is 5.91 Å². The summed E-state index contributed by atoms with van der Waals surface area (Å²) in [5.74, 6) is 0.277. The summed E-state index contributed by atoms with van der Waals surface area (Å²) in [6.45, 7) is 6.42. The minimum absolute atomic E-state index is 0.0914. The second kappa shape index (κ2) is 11.6. The molecule has 0 heterocycles. The van der Waals surface area contributed by atoms with E-state index < -0.39 is 5.91 Å². The minimum Gasteiger partial charge on any atom is -0.490 e. The molecule has 3 rings (SSSR count). The highest BCUT2D eigenvalue weighted by molar-refractivity contribution is 6.32. The van der Waals surface area contributed by atoms with E-state index in [9.17, 15) is 10.1 Å². The molecule has 0 bridgehead atoms.